The Balaban J connectivity index is 1.58. The topological polar surface area (TPSA) is 81.8 Å². The summed E-state index contributed by atoms with van der Waals surface area (Å²) in [6.45, 7) is 1.84. The Hall–Kier alpha value is -3.81. The van der Waals surface area contributed by atoms with E-state index in [2.05, 4.69) is 15.4 Å². The van der Waals surface area contributed by atoms with Crippen molar-refractivity contribution < 1.29 is 9.18 Å². The van der Waals surface area contributed by atoms with Crippen LogP contribution in [0.15, 0.2) is 65.6 Å². The second kappa shape index (κ2) is 7.67. The average molecular weight is 391 g/mol. The number of aromatic nitrogens is 4. The normalized spacial score (nSPS) is 11.0. The SMILES string of the molecule is Cc1nc2c(cnn2-c2ccccc2)c(=O)n1CCC(=O)Nc1ccccc1F. The molecule has 2 aromatic carbocycles. The molecule has 0 atom stereocenters. The number of rotatable bonds is 5. The number of amides is 1. The van der Waals surface area contributed by atoms with Gasteiger partial charge in [-0.3, -0.25) is 14.2 Å². The summed E-state index contributed by atoms with van der Waals surface area (Å²) < 4.78 is 16.7. The molecule has 0 unspecified atom stereocenters. The molecule has 4 aromatic rings. The summed E-state index contributed by atoms with van der Waals surface area (Å²) in [7, 11) is 0. The maximum Gasteiger partial charge on any atom is 0.264 e. The predicted molar refractivity (Wildman–Crippen MR) is 108 cm³/mol. The second-order valence-electron chi connectivity index (χ2n) is 6.52. The number of halogens is 1. The van der Waals surface area contributed by atoms with Gasteiger partial charge in [-0.1, -0.05) is 30.3 Å². The van der Waals surface area contributed by atoms with Crippen LogP contribution in [0, 0.1) is 12.7 Å². The van der Waals surface area contributed by atoms with Gasteiger partial charge in [0.25, 0.3) is 5.56 Å². The Labute approximate surface area is 165 Å². The van der Waals surface area contributed by atoms with Crippen molar-refractivity contribution in [3.63, 3.8) is 0 Å². The molecule has 1 amide bonds. The van der Waals surface area contributed by atoms with Crippen LogP contribution in [0.5, 0.6) is 0 Å². The first-order chi connectivity index (χ1) is 14.0. The highest BCUT2D eigenvalue weighted by Gasteiger charge is 2.15. The van der Waals surface area contributed by atoms with Crippen molar-refractivity contribution in [2.75, 3.05) is 5.32 Å². The molecule has 0 radical (unpaired) electrons. The number of carbonyl (C=O) groups is 1. The molecule has 0 bridgehead atoms. The zero-order valence-corrected chi connectivity index (χ0v) is 15.7. The van der Waals surface area contributed by atoms with E-state index in [1.165, 1.54) is 22.9 Å². The fourth-order valence-corrected chi connectivity index (χ4v) is 3.12. The Morgan fingerprint density at radius 3 is 2.59 bits per heavy atom. The number of carbonyl (C=O) groups excluding carboxylic acids is 1. The van der Waals surface area contributed by atoms with E-state index in [0.717, 1.165) is 5.69 Å². The lowest BCUT2D eigenvalue weighted by atomic mass is 10.3. The van der Waals surface area contributed by atoms with Gasteiger partial charge >= 0.3 is 0 Å². The van der Waals surface area contributed by atoms with Gasteiger partial charge < -0.3 is 5.32 Å². The molecule has 4 rings (SSSR count). The van der Waals surface area contributed by atoms with Crippen molar-refractivity contribution in [2.45, 2.75) is 19.9 Å². The van der Waals surface area contributed by atoms with Gasteiger partial charge in [-0.15, -0.1) is 0 Å². The van der Waals surface area contributed by atoms with Crippen LogP contribution in [0.25, 0.3) is 16.7 Å². The number of nitrogens with one attached hydrogen (secondary N) is 1. The van der Waals surface area contributed by atoms with E-state index in [1.54, 1.807) is 23.7 Å². The number of benzene rings is 2. The van der Waals surface area contributed by atoms with Gasteiger partial charge in [0.1, 0.15) is 17.0 Å². The molecule has 8 heteroatoms. The van der Waals surface area contributed by atoms with E-state index < -0.39 is 5.82 Å². The maximum absolute atomic E-state index is 13.7. The summed E-state index contributed by atoms with van der Waals surface area (Å²) in [5.41, 5.74) is 1.11. The molecule has 1 N–H and O–H groups in total. The minimum atomic E-state index is -0.509. The molecule has 0 saturated carbocycles. The summed E-state index contributed by atoms with van der Waals surface area (Å²) in [5, 5.41) is 7.17. The van der Waals surface area contributed by atoms with E-state index in [4.69, 9.17) is 0 Å². The van der Waals surface area contributed by atoms with E-state index in [-0.39, 0.29) is 30.1 Å². The zero-order chi connectivity index (χ0) is 20.4. The minimum absolute atomic E-state index is 0.00902. The van der Waals surface area contributed by atoms with Crippen LogP contribution in [0.1, 0.15) is 12.2 Å². The predicted octanol–water partition coefficient (Wildman–Crippen LogP) is 3.06. The largest absolute Gasteiger partial charge is 0.324 e. The Kier molecular flexibility index (Phi) is 4.90. The van der Waals surface area contributed by atoms with Crippen LogP contribution in [0.3, 0.4) is 0 Å². The number of nitrogens with zero attached hydrogens (tertiary/aromatic N) is 4. The molecule has 0 aliphatic rings. The van der Waals surface area contributed by atoms with E-state index in [0.29, 0.717) is 16.9 Å². The molecule has 0 spiro atoms. The Bertz CT molecular complexity index is 1250. The number of hydrogen-bond acceptors (Lipinski definition) is 4. The lowest BCUT2D eigenvalue weighted by Gasteiger charge is -2.11. The van der Waals surface area contributed by atoms with Gasteiger partial charge in [0, 0.05) is 13.0 Å². The average Bonchev–Trinajstić information content (AvgIpc) is 3.14. The highest BCUT2D eigenvalue weighted by atomic mass is 19.1. The first-order valence-electron chi connectivity index (χ1n) is 9.09. The lowest BCUT2D eigenvalue weighted by Crippen LogP contribution is -2.26. The number of hydrogen-bond donors (Lipinski definition) is 1. The van der Waals surface area contributed by atoms with Gasteiger partial charge in [-0.25, -0.2) is 14.1 Å². The standard InChI is InChI=1S/C21H18FN5O2/c1-14-24-20-16(13-23-27(20)15-7-3-2-4-8-15)21(29)26(14)12-11-19(28)25-18-10-6-5-9-17(18)22/h2-10,13H,11-12H2,1H3,(H,25,28). The van der Waals surface area contributed by atoms with Crippen molar-refractivity contribution in [1.82, 2.24) is 19.3 Å². The van der Waals surface area contributed by atoms with Gasteiger partial charge in [-0.05, 0) is 31.2 Å². The molecule has 7 nitrogen and oxygen atoms in total. The van der Waals surface area contributed by atoms with Gasteiger partial charge in [-0.2, -0.15) is 5.10 Å². The third kappa shape index (κ3) is 3.64. The molecule has 146 valence electrons. The fraction of sp³-hybridized carbons (Fsp3) is 0.143. The molecule has 0 aliphatic carbocycles. The van der Waals surface area contributed by atoms with Crippen molar-refractivity contribution in [3.05, 3.63) is 82.8 Å². The third-order valence-corrected chi connectivity index (χ3v) is 4.59. The first kappa shape index (κ1) is 18.5. The van der Waals surface area contributed by atoms with Gasteiger partial charge in [0.05, 0.1) is 17.6 Å². The Morgan fingerprint density at radius 2 is 1.83 bits per heavy atom. The highest BCUT2D eigenvalue weighted by molar-refractivity contribution is 5.90. The molecular formula is C21H18FN5O2. The van der Waals surface area contributed by atoms with Crippen LogP contribution < -0.4 is 10.9 Å². The van der Waals surface area contributed by atoms with Crippen molar-refractivity contribution in [3.8, 4) is 5.69 Å². The van der Waals surface area contributed by atoms with Crippen LogP contribution in [-0.2, 0) is 11.3 Å². The van der Waals surface area contributed by atoms with Crippen molar-refractivity contribution >= 4 is 22.6 Å². The van der Waals surface area contributed by atoms with Crippen LogP contribution in [0.2, 0.25) is 0 Å². The van der Waals surface area contributed by atoms with Crippen molar-refractivity contribution in [1.29, 1.82) is 0 Å². The Morgan fingerprint density at radius 1 is 1.10 bits per heavy atom. The van der Waals surface area contributed by atoms with Crippen LogP contribution in [-0.4, -0.2) is 25.2 Å². The smallest absolute Gasteiger partial charge is 0.264 e. The van der Waals surface area contributed by atoms with Gasteiger partial charge in [0.15, 0.2) is 5.65 Å². The third-order valence-electron chi connectivity index (χ3n) is 4.59. The summed E-state index contributed by atoms with van der Waals surface area (Å²) in [5.74, 6) is -0.425. The van der Waals surface area contributed by atoms with Crippen molar-refractivity contribution in [2.24, 2.45) is 0 Å². The second-order valence-corrected chi connectivity index (χ2v) is 6.52. The molecule has 0 fully saturated rings. The number of fused-ring (bicyclic) bond motifs is 1. The van der Waals surface area contributed by atoms with E-state index in [1.807, 2.05) is 30.3 Å². The number of aryl methyl sites for hydroxylation is 1. The van der Waals surface area contributed by atoms with Crippen LogP contribution >= 0.6 is 0 Å². The molecule has 0 aliphatic heterocycles. The maximum atomic E-state index is 13.7. The highest BCUT2D eigenvalue weighted by Crippen LogP contribution is 2.15. The van der Waals surface area contributed by atoms with Crippen LogP contribution in [0.4, 0.5) is 10.1 Å². The van der Waals surface area contributed by atoms with Gasteiger partial charge in [0.2, 0.25) is 5.91 Å². The summed E-state index contributed by atoms with van der Waals surface area (Å²) >= 11 is 0. The van der Waals surface area contributed by atoms with E-state index >= 15 is 0 Å². The summed E-state index contributed by atoms with van der Waals surface area (Å²) in [6, 6.07) is 15.3. The lowest BCUT2D eigenvalue weighted by molar-refractivity contribution is -0.116. The minimum Gasteiger partial charge on any atom is -0.324 e. The molecular weight excluding hydrogens is 373 g/mol. The molecule has 0 saturated heterocycles. The fourth-order valence-electron chi connectivity index (χ4n) is 3.12. The number of para-hydroxylation sites is 2. The quantitative estimate of drug-likeness (QED) is 0.567. The summed E-state index contributed by atoms with van der Waals surface area (Å²) in [4.78, 5) is 29.6. The monoisotopic (exact) mass is 391 g/mol. The zero-order valence-electron chi connectivity index (χ0n) is 15.7. The summed E-state index contributed by atoms with van der Waals surface area (Å²) in [6.07, 6.45) is 1.49. The molecule has 2 heterocycles. The molecule has 2 aromatic heterocycles. The van der Waals surface area contributed by atoms with E-state index in [9.17, 15) is 14.0 Å². The number of anilines is 1. The first-order valence-corrected chi connectivity index (χ1v) is 9.09. The molecule has 29 heavy (non-hydrogen) atoms.